The molecule has 19 heavy (non-hydrogen) atoms. The highest BCUT2D eigenvalue weighted by molar-refractivity contribution is 5.79. The van der Waals surface area contributed by atoms with E-state index in [-0.39, 0.29) is 18.4 Å². The molecular weight excluding hydrogens is 246 g/mol. The predicted octanol–water partition coefficient (Wildman–Crippen LogP) is 1.31. The van der Waals surface area contributed by atoms with Crippen LogP contribution >= 0.6 is 0 Å². The number of benzene rings is 1. The van der Waals surface area contributed by atoms with E-state index in [4.69, 9.17) is 4.74 Å². The van der Waals surface area contributed by atoms with Gasteiger partial charge in [0.25, 0.3) is 0 Å². The fourth-order valence-electron chi connectivity index (χ4n) is 2.77. The summed E-state index contributed by atoms with van der Waals surface area (Å²) in [7, 11) is 3.09. The van der Waals surface area contributed by atoms with Crippen molar-refractivity contribution >= 4 is 11.9 Å². The zero-order chi connectivity index (χ0) is 14.0. The minimum atomic E-state index is -0.882. The van der Waals surface area contributed by atoms with Gasteiger partial charge in [-0.1, -0.05) is 30.3 Å². The Hall–Kier alpha value is -1.88. The molecule has 1 aromatic carbocycles. The van der Waals surface area contributed by atoms with Crippen LogP contribution in [0.5, 0.6) is 0 Å². The van der Waals surface area contributed by atoms with Gasteiger partial charge in [0.15, 0.2) is 0 Å². The van der Waals surface area contributed by atoms with Crippen molar-refractivity contribution in [2.24, 2.45) is 5.92 Å². The second-order valence-corrected chi connectivity index (χ2v) is 4.74. The minimum absolute atomic E-state index is 0.276. The van der Waals surface area contributed by atoms with Gasteiger partial charge >= 0.3 is 11.9 Å². The highest BCUT2D eigenvalue weighted by Crippen LogP contribution is 2.40. The Kier molecular flexibility index (Phi) is 3.85. The van der Waals surface area contributed by atoms with Gasteiger partial charge in [0, 0.05) is 6.04 Å². The van der Waals surface area contributed by atoms with Crippen molar-refractivity contribution in [1.82, 2.24) is 4.90 Å². The Morgan fingerprint density at radius 3 is 2.47 bits per heavy atom. The molecule has 1 aromatic rings. The van der Waals surface area contributed by atoms with Crippen molar-refractivity contribution < 1.29 is 19.4 Å². The lowest BCUT2D eigenvalue weighted by atomic mass is 9.93. The van der Waals surface area contributed by atoms with E-state index in [9.17, 15) is 14.7 Å². The molecule has 0 aromatic heterocycles. The maximum Gasteiger partial charge on any atom is 0.323 e. The summed E-state index contributed by atoms with van der Waals surface area (Å²) in [5.41, 5.74) is 0.906. The summed E-state index contributed by atoms with van der Waals surface area (Å²) in [5, 5.41) is 9.36. The fourth-order valence-corrected chi connectivity index (χ4v) is 2.77. The fraction of sp³-hybridized carbons (Fsp3) is 0.429. The number of hydrogen-bond donors (Lipinski definition) is 1. The minimum Gasteiger partial charge on any atom is -0.481 e. The number of likely N-dealkylation sites (tertiary alicyclic amines) is 1. The van der Waals surface area contributed by atoms with Crippen molar-refractivity contribution in [2.45, 2.75) is 18.5 Å². The van der Waals surface area contributed by atoms with E-state index in [0.29, 0.717) is 0 Å². The van der Waals surface area contributed by atoms with Gasteiger partial charge in [-0.2, -0.15) is 0 Å². The SMILES string of the molecule is COC(=O)[C@@H]1C[C@@H](C(=O)O)[C@H](c2ccccc2)N1C. The molecule has 0 amide bonds. The van der Waals surface area contributed by atoms with Gasteiger partial charge in [0.1, 0.15) is 6.04 Å². The molecule has 0 bridgehead atoms. The summed E-state index contributed by atoms with van der Waals surface area (Å²) < 4.78 is 4.74. The molecule has 1 fully saturated rings. The summed E-state index contributed by atoms with van der Waals surface area (Å²) >= 11 is 0. The number of ether oxygens (including phenoxy) is 1. The molecule has 0 spiro atoms. The van der Waals surface area contributed by atoms with Gasteiger partial charge in [-0.3, -0.25) is 14.5 Å². The first-order valence-electron chi connectivity index (χ1n) is 6.13. The molecule has 3 atom stereocenters. The number of carboxylic acids is 1. The van der Waals surface area contributed by atoms with Crippen LogP contribution in [0.2, 0.25) is 0 Å². The Bertz CT molecular complexity index is 474. The molecule has 1 aliphatic rings. The van der Waals surface area contributed by atoms with Crippen LogP contribution in [0.1, 0.15) is 18.0 Å². The zero-order valence-corrected chi connectivity index (χ0v) is 10.9. The maximum atomic E-state index is 11.7. The topological polar surface area (TPSA) is 66.8 Å². The van der Waals surface area contributed by atoms with E-state index in [1.165, 1.54) is 7.11 Å². The van der Waals surface area contributed by atoms with Gasteiger partial charge in [0.2, 0.25) is 0 Å². The molecule has 102 valence electrons. The number of hydrogen-bond acceptors (Lipinski definition) is 4. The standard InChI is InChI=1S/C14H17NO4/c1-15-11(14(18)19-2)8-10(13(16)17)12(15)9-6-4-3-5-7-9/h3-7,10-12H,8H2,1-2H3,(H,16,17)/t10-,11+,12+/m1/s1. The first-order valence-corrected chi connectivity index (χ1v) is 6.13. The average Bonchev–Trinajstić information content (AvgIpc) is 2.77. The predicted molar refractivity (Wildman–Crippen MR) is 68.5 cm³/mol. The summed E-state index contributed by atoms with van der Waals surface area (Å²) in [4.78, 5) is 24.9. The first kappa shape index (κ1) is 13.5. The summed E-state index contributed by atoms with van der Waals surface area (Å²) in [5.74, 6) is -1.87. The van der Waals surface area contributed by atoms with Crippen molar-refractivity contribution in [3.05, 3.63) is 35.9 Å². The Morgan fingerprint density at radius 1 is 1.32 bits per heavy atom. The van der Waals surface area contributed by atoms with Crippen LogP contribution in [0, 0.1) is 5.92 Å². The molecular formula is C14H17NO4. The number of nitrogens with zero attached hydrogens (tertiary/aromatic N) is 1. The van der Waals surface area contributed by atoms with Crippen molar-refractivity contribution in [3.63, 3.8) is 0 Å². The largest absolute Gasteiger partial charge is 0.481 e. The highest BCUT2D eigenvalue weighted by Gasteiger charge is 2.46. The molecule has 0 aliphatic carbocycles. The Morgan fingerprint density at radius 2 is 1.95 bits per heavy atom. The molecule has 1 N–H and O–H groups in total. The molecule has 0 saturated carbocycles. The smallest absolute Gasteiger partial charge is 0.323 e. The quantitative estimate of drug-likeness (QED) is 0.833. The molecule has 1 heterocycles. The first-order chi connectivity index (χ1) is 9.06. The van der Waals surface area contributed by atoms with E-state index < -0.39 is 17.9 Å². The number of carboxylic acid groups (broad SMARTS) is 1. The maximum absolute atomic E-state index is 11.7. The lowest BCUT2D eigenvalue weighted by molar-refractivity contribution is -0.145. The van der Waals surface area contributed by atoms with E-state index >= 15 is 0 Å². The summed E-state index contributed by atoms with van der Waals surface area (Å²) in [6.07, 6.45) is 0.276. The van der Waals surface area contributed by atoms with Crippen molar-refractivity contribution in [3.8, 4) is 0 Å². The monoisotopic (exact) mass is 263 g/mol. The van der Waals surface area contributed by atoms with E-state index in [2.05, 4.69) is 0 Å². The molecule has 1 aliphatic heterocycles. The summed E-state index contributed by atoms with van der Waals surface area (Å²) in [6.45, 7) is 0. The highest BCUT2D eigenvalue weighted by atomic mass is 16.5. The molecule has 5 nitrogen and oxygen atoms in total. The van der Waals surface area contributed by atoms with Crippen LogP contribution in [0.25, 0.3) is 0 Å². The molecule has 2 rings (SSSR count). The molecule has 0 radical (unpaired) electrons. The zero-order valence-electron chi connectivity index (χ0n) is 10.9. The Balaban J connectivity index is 2.34. The van der Waals surface area contributed by atoms with E-state index in [1.807, 2.05) is 30.3 Å². The van der Waals surface area contributed by atoms with Gasteiger partial charge in [-0.05, 0) is 19.0 Å². The third-order valence-corrected chi connectivity index (χ3v) is 3.72. The Labute approximate surface area is 111 Å². The van der Waals surface area contributed by atoms with Crippen LogP contribution < -0.4 is 0 Å². The second kappa shape index (κ2) is 5.40. The number of esters is 1. The lowest BCUT2D eigenvalue weighted by Crippen LogP contribution is -2.35. The normalized spacial score (nSPS) is 27.2. The third-order valence-electron chi connectivity index (χ3n) is 3.72. The second-order valence-electron chi connectivity index (χ2n) is 4.74. The van der Waals surface area contributed by atoms with Gasteiger partial charge in [0.05, 0.1) is 13.0 Å². The summed E-state index contributed by atoms with van der Waals surface area (Å²) in [6, 6.07) is 8.58. The number of carbonyl (C=O) groups excluding carboxylic acids is 1. The van der Waals surface area contributed by atoms with Crippen LogP contribution in [-0.2, 0) is 14.3 Å². The van der Waals surface area contributed by atoms with Crippen LogP contribution in [0.3, 0.4) is 0 Å². The van der Waals surface area contributed by atoms with Crippen LogP contribution in [0.4, 0.5) is 0 Å². The number of rotatable bonds is 3. The number of aliphatic carboxylic acids is 1. The number of likely N-dealkylation sites (N-methyl/N-ethyl adjacent to an activating group) is 1. The lowest BCUT2D eigenvalue weighted by Gasteiger charge is -2.25. The van der Waals surface area contributed by atoms with Crippen LogP contribution in [0.15, 0.2) is 30.3 Å². The van der Waals surface area contributed by atoms with E-state index in [1.54, 1.807) is 11.9 Å². The average molecular weight is 263 g/mol. The van der Waals surface area contributed by atoms with Crippen molar-refractivity contribution in [2.75, 3.05) is 14.2 Å². The number of carbonyl (C=O) groups is 2. The molecule has 1 saturated heterocycles. The molecule has 0 unspecified atom stereocenters. The van der Waals surface area contributed by atoms with Crippen molar-refractivity contribution in [1.29, 1.82) is 0 Å². The van der Waals surface area contributed by atoms with Gasteiger partial charge < -0.3 is 9.84 Å². The number of methoxy groups -OCH3 is 1. The van der Waals surface area contributed by atoms with E-state index in [0.717, 1.165) is 5.56 Å². The third kappa shape index (κ3) is 2.46. The molecule has 5 heteroatoms. The van der Waals surface area contributed by atoms with Gasteiger partial charge in [-0.25, -0.2) is 0 Å². The van der Waals surface area contributed by atoms with Crippen LogP contribution in [-0.4, -0.2) is 42.1 Å². The van der Waals surface area contributed by atoms with Gasteiger partial charge in [-0.15, -0.1) is 0 Å².